The first-order valence-electron chi connectivity index (χ1n) is 5.93. The zero-order valence-corrected chi connectivity index (χ0v) is 12.4. The van der Waals surface area contributed by atoms with Crippen LogP contribution in [0.15, 0.2) is 47.0 Å². The van der Waals surface area contributed by atoms with Gasteiger partial charge >= 0.3 is 5.97 Å². The van der Waals surface area contributed by atoms with Crippen LogP contribution in [0.1, 0.15) is 5.56 Å². The molecule has 0 heterocycles. The molecule has 21 heavy (non-hydrogen) atoms. The summed E-state index contributed by atoms with van der Waals surface area (Å²) in [5, 5.41) is 11.6. The molecule has 1 rings (SSSR count). The molecular formula is C15H14N2O3S. The third kappa shape index (κ3) is 5.16. The Hall–Kier alpha value is -2.52. The van der Waals surface area contributed by atoms with Crippen molar-refractivity contribution in [2.75, 3.05) is 13.4 Å². The molecule has 1 amide bonds. The molecule has 0 aliphatic carbocycles. The smallest absolute Gasteiger partial charge is 0.351 e. The van der Waals surface area contributed by atoms with Crippen LogP contribution < -0.4 is 5.32 Å². The Balaban J connectivity index is 2.85. The Morgan fingerprint density at radius 3 is 2.52 bits per heavy atom. The van der Waals surface area contributed by atoms with Crippen molar-refractivity contribution >= 4 is 29.7 Å². The number of thioether (sulfide) groups is 1. The van der Waals surface area contributed by atoms with Crippen molar-refractivity contribution in [3.05, 3.63) is 52.6 Å². The number of ether oxygens (including phenoxy) is 1. The highest BCUT2D eigenvalue weighted by molar-refractivity contribution is 8.02. The Morgan fingerprint density at radius 1 is 1.33 bits per heavy atom. The van der Waals surface area contributed by atoms with Gasteiger partial charge in [0.1, 0.15) is 11.1 Å². The highest BCUT2D eigenvalue weighted by atomic mass is 32.2. The maximum Gasteiger partial charge on any atom is 0.351 e. The number of hydrogen-bond donors (Lipinski definition) is 1. The van der Waals surface area contributed by atoms with Crippen molar-refractivity contribution in [2.45, 2.75) is 0 Å². The molecule has 0 aliphatic heterocycles. The van der Waals surface area contributed by atoms with Crippen LogP contribution in [0, 0.1) is 11.3 Å². The third-order valence-electron chi connectivity index (χ3n) is 2.40. The number of rotatable bonds is 5. The van der Waals surface area contributed by atoms with E-state index >= 15 is 0 Å². The van der Waals surface area contributed by atoms with E-state index in [0.29, 0.717) is 0 Å². The Kier molecular flexibility index (Phi) is 6.78. The van der Waals surface area contributed by atoms with E-state index in [0.717, 1.165) is 17.3 Å². The van der Waals surface area contributed by atoms with E-state index in [9.17, 15) is 9.59 Å². The SMILES string of the molecule is COC(=O)/C(C#N)=C(/NC(=O)/C=C/c1ccccc1)SC. The lowest BCUT2D eigenvalue weighted by molar-refractivity contribution is -0.135. The highest BCUT2D eigenvalue weighted by Gasteiger charge is 2.16. The van der Waals surface area contributed by atoms with Gasteiger partial charge in [-0.25, -0.2) is 4.79 Å². The normalized spacial score (nSPS) is 11.5. The van der Waals surface area contributed by atoms with Gasteiger partial charge in [-0.2, -0.15) is 5.26 Å². The van der Waals surface area contributed by atoms with Gasteiger partial charge in [0.05, 0.1) is 7.11 Å². The van der Waals surface area contributed by atoms with E-state index < -0.39 is 11.9 Å². The molecule has 0 bridgehead atoms. The topological polar surface area (TPSA) is 79.2 Å². The summed E-state index contributed by atoms with van der Waals surface area (Å²) in [4.78, 5) is 23.2. The molecule has 0 spiro atoms. The quantitative estimate of drug-likeness (QED) is 0.512. The second-order valence-corrected chi connectivity index (χ2v) is 4.56. The van der Waals surface area contributed by atoms with Gasteiger partial charge in [-0.3, -0.25) is 4.79 Å². The first-order chi connectivity index (χ1) is 10.1. The van der Waals surface area contributed by atoms with Crippen LogP contribution in [-0.4, -0.2) is 25.2 Å². The number of methoxy groups -OCH3 is 1. The molecule has 108 valence electrons. The van der Waals surface area contributed by atoms with Crippen LogP contribution in [-0.2, 0) is 14.3 Å². The Bertz CT molecular complexity index is 616. The minimum absolute atomic E-state index is 0.159. The molecule has 1 aromatic carbocycles. The summed E-state index contributed by atoms with van der Waals surface area (Å²) in [6.07, 6.45) is 4.62. The van der Waals surface area contributed by atoms with Gasteiger partial charge in [0.25, 0.3) is 0 Å². The van der Waals surface area contributed by atoms with Crippen LogP contribution in [0.25, 0.3) is 6.08 Å². The van der Waals surface area contributed by atoms with Gasteiger partial charge in [0.15, 0.2) is 5.57 Å². The standard InChI is InChI=1S/C15H14N2O3S/c1-20-15(19)12(10-16)14(21-2)17-13(18)9-8-11-6-4-3-5-7-11/h3-9H,1-2H3,(H,17,18)/b9-8+,14-12-. The lowest BCUT2D eigenvalue weighted by Crippen LogP contribution is -2.22. The lowest BCUT2D eigenvalue weighted by Gasteiger charge is -2.06. The molecule has 1 N–H and O–H groups in total. The third-order valence-corrected chi connectivity index (χ3v) is 3.11. The first kappa shape index (κ1) is 16.5. The molecule has 0 unspecified atom stereocenters. The highest BCUT2D eigenvalue weighted by Crippen LogP contribution is 2.14. The van der Waals surface area contributed by atoms with Crippen molar-refractivity contribution in [1.82, 2.24) is 5.32 Å². The fourth-order valence-corrected chi connectivity index (χ4v) is 1.93. The van der Waals surface area contributed by atoms with Gasteiger partial charge < -0.3 is 10.1 Å². The maximum atomic E-state index is 11.8. The number of nitriles is 1. The number of hydrogen-bond acceptors (Lipinski definition) is 5. The lowest BCUT2D eigenvalue weighted by atomic mass is 10.2. The minimum Gasteiger partial charge on any atom is -0.465 e. The number of carbonyl (C=O) groups is 2. The van der Waals surface area contributed by atoms with Crippen molar-refractivity contribution in [2.24, 2.45) is 0 Å². The molecular weight excluding hydrogens is 288 g/mol. The monoisotopic (exact) mass is 302 g/mol. The number of nitrogens with zero attached hydrogens (tertiary/aromatic N) is 1. The van der Waals surface area contributed by atoms with Crippen molar-refractivity contribution < 1.29 is 14.3 Å². The molecule has 0 fully saturated rings. The first-order valence-corrected chi connectivity index (χ1v) is 7.15. The van der Waals surface area contributed by atoms with Gasteiger partial charge in [-0.15, -0.1) is 11.8 Å². The summed E-state index contributed by atoms with van der Waals surface area (Å²) in [6.45, 7) is 0. The van der Waals surface area contributed by atoms with E-state index in [4.69, 9.17) is 5.26 Å². The van der Waals surface area contributed by atoms with Crippen LogP contribution in [0.3, 0.4) is 0 Å². The predicted molar refractivity (Wildman–Crippen MR) is 81.8 cm³/mol. The summed E-state index contributed by atoms with van der Waals surface area (Å²) in [5.41, 5.74) is 0.641. The van der Waals surface area contributed by atoms with Crippen molar-refractivity contribution in [3.8, 4) is 6.07 Å². The van der Waals surface area contributed by atoms with Crippen molar-refractivity contribution in [1.29, 1.82) is 5.26 Å². The number of nitrogens with one attached hydrogen (secondary N) is 1. The Labute approximate surface area is 127 Å². The fraction of sp³-hybridized carbons (Fsp3) is 0.133. The van der Waals surface area contributed by atoms with Crippen LogP contribution in [0.2, 0.25) is 0 Å². The van der Waals surface area contributed by atoms with E-state index in [1.807, 2.05) is 30.3 Å². The molecule has 0 aromatic heterocycles. The van der Waals surface area contributed by atoms with Gasteiger partial charge in [0, 0.05) is 6.08 Å². The molecule has 6 heteroatoms. The molecule has 1 aromatic rings. The summed E-state index contributed by atoms with van der Waals surface area (Å²) >= 11 is 1.09. The van der Waals surface area contributed by atoms with Crippen LogP contribution in [0.4, 0.5) is 0 Å². The molecule has 0 atom stereocenters. The second kappa shape index (κ2) is 8.61. The van der Waals surface area contributed by atoms with Crippen LogP contribution in [0.5, 0.6) is 0 Å². The zero-order valence-electron chi connectivity index (χ0n) is 11.6. The van der Waals surface area contributed by atoms with E-state index in [1.54, 1.807) is 18.4 Å². The summed E-state index contributed by atoms with van der Waals surface area (Å²) < 4.78 is 4.49. The molecule has 5 nitrogen and oxygen atoms in total. The zero-order chi connectivity index (χ0) is 15.7. The molecule has 0 aliphatic rings. The fourth-order valence-electron chi connectivity index (χ4n) is 1.40. The van der Waals surface area contributed by atoms with E-state index in [2.05, 4.69) is 10.1 Å². The Morgan fingerprint density at radius 2 is 2.00 bits per heavy atom. The average Bonchev–Trinajstić information content (AvgIpc) is 2.53. The molecule has 0 radical (unpaired) electrons. The number of benzene rings is 1. The largest absolute Gasteiger partial charge is 0.465 e. The van der Waals surface area contributed by atoms with Gasteiger partial charge in [-0.1, -0.05) is 30.3 Å². The van der Waals surface area contributed by atoms with E-state index in [1.165, 1.54) is 13.2 Å². The average molecular weight is 302 g/mol. The van der Waals surface area contributed by atoms with Gasteiger partial charge in [-0.05, 0) is 17.9 Å². The summed E-state index contributed by atoms with van der Waals surface area (Å²) in [5.74, 6) is -1.21. The van der Waals surface area contributed by atoms with Crippen LogP contribution >= 0.6 is 11.8 Å². The minimum atomic E-state index is -0.783. The number of carbonyl (C=O) groups excluding carboxylic acids is 2. The van der Waals surface area contributed by atoms with Gasteiger partial charge in [0.2, 0.25) is 5.91 Å². The second-order valence-electron chi connectivity index (χ2n) is 3.74. The predicted octanol–water partition coefficient (Wildman–Crippen LogP) is 2.09. The molecule has 0 saturated heterocycles. The number of esters is 1. The maximum absolute atomic E-state index is 11.8. The van der Waals surface area contributed by atoms with E-state index in [-0.39, 0.29) is 10.6 Å². The molecule has 0 saturated carbocycles. The summed E-state index contributed by atoms with van der Waals surface area (Å²) in [6, 6.07) is 11.0. The number of amides is 1. The summed E-state index contributed by atoms with van der Waals surface area (Å²) in [7, 11) is 1.18. The van der Waals surface area contributed by atoms with Crippen molar-refractivity contribution in [3.63, 3.8) is 0 Å².